The molecule has 0 aliphatic carbocycles. The molecule has 7 nitrogen and oxygen atoms in total. The summed E-state index contributed by atoms with van der Waals surface area (Å²) in [6, 6.07) is 14.6. The predicted molar refractivity (Wildman–Crippen MR) is 109 cm³/mol. The molecule has 1 amide bonds. The summed E-state index contributed by atoms with van der Waals surface area (Å²) in [5.41, 5.74) is 13.0. The van der Waals surface area contributed by atoms with Gasteiger partial charge >= 0.3 is 0 Å². The van der Waals surface area contributed by atoms with Gasteiger partial charge in [0.2, 0.25) is 0 Å². The van der Waals surface area contributed by atoms with Crippen LogP contribution in [0.1, 0.15) is 10.4 Å². The lowest BCUT2D eigenvalue weighted by Crippen LogP contribution is -2.30. The van der Waals surface area contributed by atoms with Crippen molar-refractivity contribution in [2.75, 3.05) is 16.5 Å². The average molecular weight is 478 g/mol. The van der Waals surface area contributed by atoms with Crippen molar-refractivity contribution in [3.63, 3.8) is 0 Å². The first-order valence-electron chi connectivity index (χ1n) is 7.48. The first-order chi connectivity index (χ1) is 12.5. The number of hydrazine groups is 1. The third-order valence-corrected chi connectivity index (χ3v) is 4.39. The van der Waals surface area contributed by atoms with E-state index in [1.165, 1.54) is 6.33 Å². The van der Waals surface area contributed by atoms with Crippen molar-refractivity contribution in [2.45, 2.75) is 0 Å². The monoisotopic (exact) mass is 476 g/mol. The number of nitrogens with zero attached hydrogens (tertiary/aromatic N) is 2. The van der Waals surface area contributed by atoms with E-state index < -0.39 is 0 Å². The molecular weight excluding hydrogens is 464 g/mol. The number of amides is 1. The normalized spacial score (nSPS) is 10.2. The fourth-order valence-electron chi connectivity index (χ4n) is 2.09. The number of nitrogen functional groups attached to an aromatic ring is 1. The van der Waals surface area contributed by atoms with Gasteiger partial charge in [0.05, 0.1) is 0 Å². The minimum atomic E-state index is -0.308. The Morgan fingerprint density at radius 1 is 0.962 bits per heavy atom. The Kier molecular flexibility index (Phi) is 5.69. The van der Waals surface area contributed by atoms with Crippen LogP contribution >= 0.6 is 31.9 Å². The molecule has 132 valence electrons. The highest BCUT2D eigenvalue weighted by molar-refractivity contribution is 9.10. The van der Waals surface area contributed by atoms with Gasteiger partial charge in [-0.3, -0.25) is 15.6 Å². The van der Waals surface area contributed by atoms with Crippen molar-refractivity contribution in [3.05, 3.63) is 69.4 Å². The van der Waals surface area contributed by atoms with E-state index in [1.807, 2.05) is 24.3 Å². The highest BCUT2D eigenvalue weighted by atomic mass is 79.9. The number of halogens is 2. The van der Waals surface area contributed by atoms with Gasteiger partial charge in [-0.2, -0.15) is 0 Å². The van der Waals surface area contributed by atoms with E-state index in [9.17, 15) is 4.79 Å². The maximum atomic E-state index is 12.2. The standard InChI is InChI=1S/C17H14Br2N6O/c18-11-6-4-10(5-7-11)17(26)25-24-16-14(20)15(21-9-22-16)23-13-3-1-2-12(19)8-13/h1-9H,20H2,(H,25,26)(H2,21,22,23,24). The summed E-state index contributed by atoms with van der Waals surface area (Å²) in [6.45, 7) is 0. The molecule has 0 aliphatic rings. The van der Waals surface area contributed by atoms with Gasteiger partial charge in [0, 0.05) is 20.2 Å². The summed E-state index contributed by atoms with van der Waals surface area (Å²) in [4.78, 5) is 20.4. The Hall–Kier alpha value is -2.65. The van der Waals surface area contributed by atoms with E-state index in [4.69, 9.17) is 5.73 Å². The maximum absolute atomic E-state index is 12.2. The van der Waals surface area contributed by atoms with E-state index in [0.29, 0.717) is 17.2 Å². The first kappa shape index (κ1) is 18.2. The molecule has 26 heavy (non-hydrogen) atoms. The second-order valence-electron chi connectivity index (χ2n) is 5.21. The molecule has 0 fully saturated rings. The molecule has 0 radical (unpaired) electrons. The van der Waals surface area contributed by atoms with Crippen LogP contribution in [0.5, 0.6) is 0 Å². The third-order valence-electron chi connectivity index (χ3n) is 3.37. The zero-order chi connectivity index (χ0) is 18.5. The Morgan fingerprint density at radius 2 is 1.69 bits per heavy atom. The van der Waals surface area contributed by atoms with Crippen LogP contribution in [-0.2, 0) is 0 Å². The smallest absolute Gasteiger partial charge is 0.269 e. The van der Waals surface area contributed by atoms with Gasteiger partial charge in [-0.15, -0.1) is 0 Å². The van der Waals surface area contributed by atoms with Gasteiger partial charge in [0.25, 0.3) is 5.91 Å². The number of hydrogen-bond acceptors (Lipinski definition) is 6. The van der Waals surface area contributed by atoms with Gasteiger partial charge < -0.3 is 11.1 Å². The molecule has 0 aliphatic heterocycles. The number of hydrogen-bond donors (Lipinski definition) is 4. The Balaban J connectivity index is 1.70. The Morgan fingerprint density at radius 3 is 2.42 bits per heavy atom. The molecule has 1 aromatic heterocycles. The Bertz CT molecular complexity index is 933. The molecule has 0 spiro atoms. The number of aromatic nitrogens is 2. The average Bonchev–Trinajstić information content (AvgIpc) is 2.63. The lowest BCUT2D eigenvalue weighted by atomic mass is 10.2. The highest BCUT2D eigenvalue weighted by Crippen LogP contribution is 2.26. The van der Waals surface area contributed by atoms with Gasteiger partial charge in [0.15, 0.2) is 11.6 Å². The van der Waals surface area contributed by atoms with Crippen molar-refractivity contribution in [2.24, 2.45) is 0 Å². The SMILES string of the molecule is Nc1c(NNC(=O)c2ccc(Br)cc2)ncnc1Nc1cccc(Br)c1. The molecule has 2 aromatic carbocycles. The fraction of sp³-hybridized carbons (Fsp3) is 0. The van der Waals surface area contributed by atoms with Crippen LogP contribution in [0, 0.1) is 0 Å². The zero-order valence-corrected chi connectivity index (χ0v) is 16.5. The number of nitrogens with two attached hydrogens (primary N) is 1. The lowest BCUT2D eigenvalue weighted by Gasteiger charge is -2.13. The molecule has 3 rings (SSSR count). The summed E-state index contributed by atoms with van der Waals surface area (Å²) in [6.07, 6.45) is 1.35. The predicted octanol–water partition coefficient (Wildman–Crippen LogP) is 4.08. The first-order valence-corrected chi connectivity index (χ1v) is 9.06. The Labute approximate surface area is 166 Å². The van der Waals surface area contributed by atoms with Crippen LogP contribution in [-0.4, -0.2) is 15.9 Å². The second kappa shape index (κ2) is 8.15. The van der Waals surface area contributed by atoms with E-state index in [2.05, 4.69) is 58.0 Å². The van der Waals surface area contributed by atoms with Crippen LogP contribution in [0.3, 0.4) is 0 Å². The van der Waals surface area contributed by atoms with Crippen molar-refractivity contribution in [3.8, 4) is 0 Å². The van der Waals surface area contributed by atoms with Gasteiger partial charge in [-0.25, -0.2) is 9.97 Å². The molecule has 0 saturated heterocycles. The molecule has 0 atom stereocenters. The van der Waals surface area contributed by atoms with E-state index in [-0.39, 0.29) is 11.6 Å². The van der Waals surface area contributed by atoms with Crippen LogP contribution in [0.25, 0.3) is 0 Å². The number of nitrogens with one attached hydrogen (secondary N) is 3. The molecule has 0 bridgehead atoms. The van der Waals surface area contributed by atoms with Crippen molar-refractivity contribution < 1.29 is 4.79 Å². The van der Waals surface area contributed by atoms with Gasteiger partial charge in [-0.05, 0) is 42.5 Å². The number of carbonyl (C=O) groups excluding carboxylic acids is 1. The van der Waals surface area contributed by atoms with Gasteiger partial charge in [0.1, 0.15) is 12.0 Å². The zero-order valence-electron chi connectivity index (χ0n) is 13.3. The summed E-state index contributed by atoms with van der Waals surface area (Å²) >= 11 is 6.74. The number of benzene rings is 2. The van der Waals surface area contributed by atoms with Crippen LogP contribution in [0.4, 0.5) is 23.0 Å². The van der Waals surface area contributed by atoms with Crippen molar-refractivity contribution >= 4 is 60.8 Å². The second-order valence-corrected chi connectivity index (χ2v) is 7.04. The molecule has 0 saturated carbocycles. The fourth-order valence-corrected chi connectivity index (χ4v) is 2.75. The van der Waals surface area contributed by atoms with Crippen molar-refractivity contribution in [1.82, 2.24) is 15.4 Å². The van der Waals surface area contributed by atoms with Crippen LogP contribution in [0.2, 0.25) is 0 Å². The number of anilines is 4. The lowest BCUT2D eigenvalue weighted by molar-refractivity contribution is 0.0962. The maximum Gasteiger partial charge on any atom is 0.269 e. The van der Waals surface area contributed by atoms with Gasteiger partial charge in [-0.1, -0.05) is 37.9 Å². The summed E-state index contributed by atoms with van der Waals surface area (Å²) in [5, 5.41) is 3.11. The summed E-state index contributed by atoms with van der Waals surface area (Å²) < 4.78 is 1.82. The largest absolute Gasteiger partial charge is 0.393 e. The van der Waals surface area contributed by atoms with Crippen molar-refractivity contribution in [1.29, 1.82) is 0 Å². The van der Waals surface area contributed by atoms with E-state index in [1.54, 1.807) is 24.3 Å². The molecule has 9 heteroatoms. The summed E-state index contributed by atoms with van der Waals surface area (Å²) in [5.74, 6) is 0.415. The topological polar surface area (TPSA) is 105 Å². The van der Waals surface area contributed by atoms with Crippen LogP contribution in [0.15, 0.2) is 63.8 Å². The minimum absolute atomic E-state index is 0.281. The molecule has 3 aromatic rings. The quantitative estimate of drug-likeness (QED) is 0.412. The van der Waals surface area contributed by atoms with E-state index >= 15 is 0 Å². The molecule has 0 unspecified atom stereocenters. The minimum Gasteiger partial charge on any atom is -0.393 e. The highest BCUT2D eigenvalue weighted by Gasteiger charge is 2.10. The number of rotatable bonds is 5. The number of carbonyl (C=O) groups is 1. The summed E-state index contributed by atoms with van der Waals surface area (Å²) in [7, 11) is 0. The molecular formula is C17H14Br2N6O. The molecule has 5 N–H and O–H groups in total. The van der Waals surface area contributed by atoms with E-state index in [0.717, 1.165) is 14.6 Å². The van der Waals surface area contributed by atoms with Crippen LogP contribution < -0.4 is 21.9 Å². The third kappa shape index (κ3) is 4.50. The molecule has 1 heterocycles.